The predicted octanol–water partition coefficient (Wildman–Crippen LogP) is 1.80. The van der Waals surface area contributed by atoms with E-state index in [9.17, 15) is 19.7 Å². The lowest BCUT2D eigenvalue weighted by Crippen LogP contribution is -2.15. The van der Waals surface area contributed by atoms with Gasteiger partial charge in [-0.1, -0.05) is 18.7 Å². The van der Waals surface area contributed by atoms with Crippen LogP contribution in [-0.2, 0) is 25.5 Å². The summed E-state index contributed by atoms with van der Waals surface area (Å²) < 4.78 is 9.63. The summed E-state index contributed by atoms with van der Waals surface area (Å²) in [6.45, 7) is 4.84. The van der Waals surface area contributed by atoms with Crippen LogP contribution in [0, 0.1) is 10.1 Å². The van der Waals surface area contributed by atoms with Crippen molar-refractivity contribution in [2.45, 2.75) is 13.3 Å². The molecule has 1 aromatic rings. The lowest BCUT2D eigenvalue weighted by Gasteiger charge is -2.06. The van der Waals surface area contributed by atoms with Crippen molar-refractivity contribution >= 4 is 17.6 Å². The molecule has 0 amide bonds. The maximum Gasteiger partial charge on any atom is 0.333 e. The summed E-state index contributed by atoms with van der Waals surface area (Å²) in [5, 5.41) is 10.5. The van der Waals surface area contributed by atoms with Crippen molar-refractivity contribution in [3.05, 3.63) is 52.1 Å². The van der Waals surface area contributed by atoms with Gasteiger partial charge in [0.1, 0.15) is 13.2 Å². The van der Waals surface area contributed by atoms with Crippen LogP contribution in [0.1, 0.15) is 12.5 Å². The second-order valence-corrected chi connectivity index (χ2v) is 4.24. The molecule has 7 heteroatoms. The van der Waals surface area contributed by atoms with Crippen LogP contribution < -0.4 is 0 Å². The zero-order chi connectivity index (χ0) is 15.8. The Balaban J connectivity index is 2.32. The molecule has 21 heavy (non-hydrogen) atoms. The van der Waals surface area contributed by atoms with E-state index in [0.29, 0.717) is 5.56 Å². The smallest absolute Gasteiger partial charge is 0.333 e. The number of rotatable bonds is 7. The first-order valence-corrected chi connectivity index (χ1v) is 6.11. The summed E-state index contributed by atoms with van der Waals surface area (Å²) in [6.07, 6.45) is -0.00751. The van der Waals surface area contributed by atoms with E-state index in [2.05, 4.69) is 6.58 Å². The lowest BCUT2D eigenvalue weighted by atomic mass is 10.1. The average molecular weight is 293 g/mol. The van der Waals surface area contributed by atoms with Crippen LogP contribution in [0.5, 0.6) is 0 Å². The minimum absolute atomic E-state index is 0.00751. The van der Waals surface area contributed by atoms with Gasteiger partial charge in [-0.05, 0) is 12.5 Å². The van der Waals surface area contributed by atoms with Crippen molar-refractivity contribution < 1.29 is 24.0 Å². The monoisotopic (exact) mass is 293 g/mol. The van der Waals surface area contributed by atoms with Gasteiger partial charge in [-0.25, -0.2) is 4.79 Å². The van der Waals surface area contributed by atoms with Crippen molar-refractivity contribution in [2.75, 3.05) is 13.2 Å². The summed E-state index contributed by atoms with van der Waals surface area (Å²) >= 11 is 0. The van der Waals surface area contributed by atoms with Crippen LogP contribution >= 0.6 is 0 Å². The molecule has 0 saturated carbocycles. The number of carbonyl (C=O) groups excluding carboxylic acids is 2. The summed E-state index contributed by atoms with van der Waals surface area (Å²) in [7, 11) is 0. The first kappa shape index (κ1) is 16.4. The molecule has 0 unspecified atom stereocenters. The van der Waals surface area contributed by atoms with Gasteiger partial charge in [-0.2, -0.15) is 0 Å². The van der Waals surface area contributed by atoms with E-state index in [1.54, 1.807) is 0 Å². The van der Waals surface area contributed by atoms with Crippen LogP contribution in [0.2, 0.25) is 0 Å². The molecule has 112 valence electrons. The number of benzene rings is 1. The molecule has 0 aromatic heterocycles. The van der Waals surface area contributed by atoms with Gasteiger partial charge < -0.3 is 9.47 Å². The Bertz CT molecular complexity index is 549. The first-order chi connectivity index (χ1) is 9.90. The highest BCUT2D eigenvalue weighted by Crippen LogP contribution is 2.12. The average Bonchev–Trinajstić information content (AvgIpc) is 2.43. The Hall–Kier alpha value is -2.70. The van der Waals surface area contributed by atoms with E-state index in [4.69, 9.17) is 9.47 Å². The fourth-order valence-electron chi connectivity index (χ4n) is 1.37. The first-order valence-electron chi connectivity index (χ1n) is 6.11. The van der Waals surface area contributed by atoms with E-state index in [0.717, 1.165) is 0 Å². The van der Waals surface area contributed by atoms with Crippen LogP contribution in [0.4, 0.5) is 5.69 Å². The number of nitrogens with zero attached hydrogens (tertiary/aromatic N) is 1. The predicted molar refractivity (Wildman–Crippen MR) is 73.5 cm³/mol. The maximum absolute atomic E-state index is 11.5. The number of esters is 2. The molecule has 0 fully saturated rings. The van der Waals surface area contributed by atoms with E-state index < -0.39 is 16.9 Å². The summed E-state index contributed by atoms with van der Waals surface area (Å²) in [5.41, 5.74) is 0.829. The fraction of sp³-hybridized carbons (Fsp3) is 0.286. The SMILES string of the molecule is C=C(C)C(=O)OCCOC(=O)Cc1ccc([N+](=O)[O-])cc1. The standard InChI is InChI=1S/C14H15NO6/c1-10(2)14(17)21-8-7-20-13(16)9-11-3-5-12(6-4-11)15(18)19/h3-6H,1,7-9H2,2H3. The Labute approximate surface area is 121 Å². The Morgan fingerprint density at radius 2 is 1.76 bits per heavy atom. The largest absolute Gasteiger partial charge is 0.462 e. The van der Waals surface area contributed by atoms with Gasteiger partial charge >= 0.3 is 11.9 Å². The molecule has 0 radical (unpaired) electrons. The number of non-ortho nitro benzene ring substituents is 1. The van der Waals surface area contributed by atoms with E-state index in [1.165, 1.54) is 31.2 Å². The molecule has 0 atom stereocenters. The van der Waals surface area contributed by atoms with Crippen LogP contribution in [0.25, 0.3) is 0 Å². The lowest BCUT2D eigenvalue weighted by molar-refractivity contribution is -0.384. The molecule has 0 spiro atoms. The molecule has 0 aliphatic rings. The highest BCUT2D eigenvalue weighted by molar-refractivity contribution is 5.86. The Morgan fingerprint density at radius 1 is 1.19 bits per heavy atom. The second-order valence-electron chi connectivity index (χ2n) is 4.24. The van der Waals surface area contributed by atoms with Gasteiger partial charge in [0.15, 0.2) is 0 Å². The van der Waals surface area contributed by atoms with Crippen LogP contribution in [0.15, 0.2) is 36.4 Å². The molecule has 0 aliphatic heterocycles. The number of ether oxygens (including phenoxy) is 2. The Morgan fingerprint density at radius 3 is 2.29 bits per heavy atom. The van der Waals surface area contributed by atoms with Crippen molar-refractivity contribution in [1.82, 2.24) is 0 Å². The Kier molecular flexibility index (Phi) is 6.06. The highest BCUT2D eigenvalue weighted by atomic mass is 16.6. The molecule has 0 N–H and O–H groups in total. The number of carbonyl (C=O) groups is 2. The molecule has 0 aliphatic carbocycles. The normalized spacial score (nSPS) is 9.76. The highest BCUT2D eigenvalue weighted by Gasteiger charge is 2.09. The van der Waals surface area contributed by atoms with Crippen LogP contribution in [0.3, 0.4) is 0 Å². The molecule has 0 saturated heterocycles. The quantitative estimate of drug-likeness (QED) is 0.250. The van der Waals surface area contributed by atoms with Crippen LogP contribution in [-0.4, -0.2) is 30.1 Å². The molecule has 0 bridgehead atoms. The number of nitro groups is 1. The third-order valence-corrected chi connectivity index (χ3v) is 2.42. The minimum Gasteiger partial charge on any atom is -0.462 e. The number of hydrogen-bond donors (Lipinski definition) is 0. The van der Waals surface area contributed by atoms with Crippen molar-refractivity contribution in [3.63, 3.8) is 0 Å². The zero-order valence-corrected chi connectivity index (χ0v) is 11.5. The van der Waals surface area contributed by atoms with Gasteiger partial charge in [0.2, 0.25) is 0 Å². The fourth-order valence-corrected chi connectivity index (χ4v) is 1.37. The summed E-state index contributed by atoms with van der Waals surface area (Å²) in [4.78, 5) is 32.5. The van der Waals surface area contributed by atoms with Gasteiger partial charge in [-0.15, -0.1) is 0 Å². The van der Waals surface area contributed by atoms with Crippen molar-refractivity contribution in [3.8, 4) is 0 Å². The van der Waals surface area contributed by atoms with Crippen molar-refractivity contribution in [1.29, 1.82) is 0 Å². The molecule has 0 heterocycles. The summed E-state index contributed by atoms with van der Waals surface area (Å²) in [6, 6.07) is 5.61. The molecule has 7 nitrogen and oxygen atoms in total. The molecular formula is C14H15NO6. The topological polar surface area (TPSA) is 95.7 Å². The minimum atomic E-state index is -0.540. The van der Waals surface area contributed by atoms with E-state index in [-0.39, 0.29) is 30.9 Å². The molecule has 1 aromatic carbocycles. The van der Waals surface area contributed by atoms with Gasteiger partial charge in [0, 0.05) is 17.7 Å². The molecular weight excluding hydrogens is 278 g/mol. The number of nitro benzene ring substituents is 1. The number of hydrogen-bond acceptors (Lipinski definition) is 6. The van der Waals surface area contributed by atoms with Gasteiger partial charge in [0.05, 0.1) is 11.3 Å². The van der Waals surface area contributed by atoms with E-state index >= 15 is 0 Å². The maximum atomic E-state index is 11.5. The zero-order valence-electron chi connectivity index (χ0n) is 11.5. The van der Waals surface area contributed by atoms with Gasteiger partial charge in [-0.3, -0.25) is 14.9 Å². The van der Waals surface area contributed by atoms with Crippen molar-refractivity contribution in [2.24, 2.45) is 0 Å². The second kappa shape index (κ2) is 7.78. The van der Waals surface area contributed by atoms with Gasteiger partial charge in [0.25, 0.3) is 5.69 Å². The summed E-state index contributed by atoms with van der Waals surface area (Å²) in [5.74, 6) is -1.04. The third kappa shape index (κ3) is 5.85. The molecule has 1 rings (SSSR count). The third-order valence-electron chi connectivity index (χ3n) is 2.42. The van der Waals surface area contributed by atoms with E-state index in [1.807, 2.05) is 0 Å².